The Morgan fingerprint density at radius 3 is 2.72 bits per heavy atom. The Hall–Kier alpha value is -2.47. The molecule has 1 amide bonds. The summed E-state index contributed by atoms with van der Waals surface area (Å²) in [5, 5.41) is 6.03. The van der Waals surface area contributed by atoms with E-state index in [1.807, 2.05) is 62.7 Å². The highest BCUT2D eigenvalue weighted by atomic mass is 32.1. The smallest absolute Gasteiger partial charge is 0.227 e. The first-order chi connectivity index (χ1) is 12.0. The van der Waals surface area contributed by atoms with Gasteiger partial charge in [-0.25, -0.2) is 0 Å². The zero-order valence-corrected chi connectivity index (χ0v) is 15.4. The second-order valence-electron chi connectivity index (χ2n) is 6.07. The van der Waals surface area contributed by atoms with Gasteiger partial charge in [-0.1, -0.05) is 41.1 Å². The summed E-state index contributed by atoms with van der Waals surface area (Å²) >= 11 is 1.66. The monoisotopic (exact) mass is 355 g/mol. The minimum Gasteiger partial charge on any atom is -0.339 e. The molecule has 0 aliphatic rings. The molecule has 1 aromatic carbocycles. The number of carbonyl (C=O) groups excluding carboxylic acids is 1. The lowest BCUT2D eigenvalue weighted by atomic mass is 10.1. The van der Waals surface area contributed by atoms with Gasteiger partial charge in [0.05, 0.1) is 6.04 Å². The van der Waals surface area contributed by atoms with Crippen molar-refractivity contribution in [1.82, 2.24) is 15.0 Å². The second-order valence-corrected chi connectivity index (χ2v) is 7.05. The van der Waals surface area contributed by atoms with Crippen molar-refractivity contribution in [2.45, 2.75) is 32.7 Å². The molecule has 0 aliphatic carbocycles. The van der Waals surface area contributed by atoms with E-state index in [0.29, 0.717) is 24.6 Å². The van der Waals surface area contributed by atoms with Crippen LogP contribution >= 0.6 is 11.3 Å². The van der Waals surface area contributed by atoms with Gasteiger partial charge in [0, 0.05) is 30.3 Å². The van der Waals surface area contributed by atoms with Crippen LogP contribution in [0.5, 0.6) is 0 Å². The molecule has 3 aromatic rings. The van der Waals surface area contributed by atoms with E-state index in [2.05, 4.69) is 10.1 Å². The van der Waals surface area contributed by atoms with Crippen LogP contribution in [0.1, 0.15) is 35.7 Å². The summed E-state index contributed by atoms with van der Waals surface area (Å²) in [6.07, 6.45) is 0.793. The highest BCUT2D eigenvalue weighted by molar-refractivity contribution is 7.10. The normalized spacial score (nSPS) is 12.1. The van der Waals surface area contributed by atoms with Gasteiger partial charge in [-0.15, -0.1) is 11.3 Å². The third kappa shape index (κ3) is 4.14. The number of amides is 1. The summed E-state index contributed by atoms with van der Waals surface area (Å²) in [7, 11) is 1.83. The first kappa shape index (κ1) is 17.4. The first-order valence-electron chi connectivity index (χ1n) is 8.23. The van der Waals surface area contributed by atoms with Crippen molar-refractivity contribution in [3.8, 4) is 11.4 Å². The van der Waals surface area contributed by atoms with E-state index >= 15 is 0 Å². The van der Waals surface area contributed by atoms with E-state index in [4.69, 9.17) is 4.52 Å². The van der Waals surface area contributed by atoms with Gasteiger partial charge in [-0.05, 0) is 25.3 Å². The molecule has 2 heterocycles. The standard InChI is InChI=1S/C19H21N3O2S/c1-13-6-8-15(9-7-13)19-20-17(24-21-19)10-11-18(23)22(3)14(2)16-5-4-12-25-16/h4-9,12,14H,10-11H2,1-3H3/t14-/m0/s1. The van der Waals surface area contributed by atoms with Gasteiger partial charge < -0.3 is 9.42 Å². The summed E-state index contributed by atoms with van der Waals surface area (Å²) < 4.78 is 5.28. The molecule has 0 radical (unpaired) electrons. The fourth-order valence-corrected chi connectivity index (χ4v) is 3.33. The maximum Gasteiger partial charge on any atom is 0.227 e. The summed E-state index contributed by atoms with van der Waals surface area (Å²) in [6, 6.07) is 12.1. The van der Waals surface area contributed by atoms with E-state index in [9.17, 15) is 4.79 Å². The minimum absolute atomic E-state index is 0.0657. The molecule has 25 heavy (non-hydrogen) atoms. The number of aryl methyl sites for hydroxylation is 2. The van der Waals surface area contributed by atoms with Crippen LogP contribution in [0.15, 0.2) is 46.3 Å². The Kier molecular flexibility index (Phi) is 5.28. The molecule has 130 valence electrons. The molecule has 0 unspecified atom stereocenters. The number of hydrogen-bond acceptors (Lipinski definition) is 5. The molecule has 0 saturated heterocycles. The second kappa shape index (κ2) is 7.61. The lowest BCUT2D eigenvalue weighted by Crippen LogP contribution is -2.29. The zero-order valence-electron chi connectivity index (χ0n) is 14.6. The van der Waals surface area contributed by atoms with Crippen molar-refractivity contribution in [2.24, 2.45) is 0 Å². The number of hydrogen-bond donors (Lipinski definition) is 0. The summed E-state index contributed by atoms with van der Waals surface area (Å²) in [5.74, 6) is 1.11. The predicted octanol–water partition coefficient (Wildman–Crippen LogP) is 4.26. The van der Waals surface area contributed by atoms with Crippen molar-refractivity contribution in [2.75, 3.05) is 7.05 Å². The zero-order chi connectivity index (χ0) is 17.8. The number of aromatic nitrogens is 2. The molecule has 0 aliphatic heterocycles. The van der Waals surface area contributed by atoms with Crippen molar-refractivity contribution in [3.05, 3.63) is 58.1 Å². The third-order valence-corrected chi connectivity index (χ3v) is 5.30. The van der Waals surface area contributed by atoms with Crippen molar-refractivity contribution < 1.29 is 9.32 Å². The molecule has 0 saturated carbocycles. The van der Waals surface area contributed by atoms with Crippen LogP contribution in [-0.4, -0.2) is 28.0 Å². The highest BCUT2D eigenvalue weighted by Gasteiger charge is 2.19. The van der Waals surface area contributed by atoms with Crippen molar-refractivity contribution >= 4 is 17.2 Å². The number of rotatable bonds is 6. The Morgan fingerprint density at radius 1 is 1.28 bits per heavy atom. The van der Waals surface area contributed by atoms with Gasteiger partial charge in [0.15, 0.2) is 0 Å². The van der Waals surface area contributed by atoms with Gasteiger partial charge in [0.2, 0.25) is 17.6 Å². The van der Waals surface area contributed by atoms with Gasteiger partial charge in [0.1, 0.15) is 0 Å². The largest absolute Gasteiger partial charge is 0.339 e. The van der Waals surface area contributed by atoms with Crippen LogP contribution in [0, 0.1) is 6.92 Å². The van der Waals surface area contributed by atoms with Crippen molar-refractivity contribution in [3.63, 3.8) is 0 Å². The van der Waals surface area contributed by atoms with E-state index < -0.39 is 0 Å². The number of nitrogens with zero attached hydrogens (tertiary/aromatic N) is 3. The maximum atomic E-state index is 12.4. The Bertz CT molecular complexity index is 825. The van der Waals surface area contributed by atoms with Crippen LogP contribution in [0.3, 0.4) is 0 Å². The van der Waals surface area contributed by atoms with Crippen LogP contribution in [0.2, 0.25) is 0 Å². The lowest BCUT2D eigenvalue weighted by Gasteiger charge is -2.23. The molecule has 5 nitrogen and oxygen atoms in total. The SMILES string of the molecule is Cc1ccc(-c2noc(CCC(=O)N(C)[C@@H](C)c3cccs3)n2)cc1. The number of benzene rings is 1. The minimum atomic E-state index is 0.0657. The van der Waals surface area contributed by atoms with Crippen LogP contribution in [0.4, 0.5) is 0 Å². The molecule has 0 N–H and O–H groups in total. The molecular weight excluding hydrogens is 334 g/mol. The molecule has 3 rings (SSSR count). The summed E-state index contributed by atoms with van der Waals surface area (Å²) in [6.45, 7) is 4.07. The average Bonchev–Trinajstić information content (AvgIpc) is 3.31. The molecule has 6 heteroatoms. The molecule has 1 atom stereocenters. The Labute approximate surface area is 151 Å². The Balaban J connectivity index is 1.58. The van der Waals surface area contributed by atoms with Crippen LogP contribution in [0.25, 0.3) is 11.4 Å². The van der Waals surface area contributed by atoms with E-state index in [0.717, 1.165) is 5.56 Å². The number of thiophene rings is 1. The molecule has 0 bridgehead atoms. The lowest BCUT2D eigenvalue weighted by molar-refractivity contribution is -0.131. The average molecular weight is 355 g/mol. The van der Waals surface area contributed by atoms with E-state index in [-0.39, 0.29) is 11.9 Å². The fourth-order valence-electron chi connectivity index (χ4n) is 2.50. The van der Waals surface area contributed by atoms with Gasteiger partial charge >= 0.3 is 0 Å². The topological polar surface area (TPSA) is 59.2 Å². The Morgan fingerprint density at radius 2 is 2.04 bits per heavy atom. The molecular formula is C19H21N3O2S. The van der Waals surface area contributed by atoms with Gasteiger partial charge in [-0.2, -0.15) is 4.98 Å². The summed E-state index contributed by atoms with van der Waals surface area (Å²) in [5.41, 5.74) is 2.09. The quantitative estimate of drug-likeness (QED) is 0.663. The van der Waals surface area contributed by atoms with Crippen LogP contribution in [-0.2, 0) is 11.2 Å². The number of carbonyl (C=O) groups is 1. The third-order valence-electron chi connectivity index (χ3n) is 4.26. The van der Waals surface area contributed by atoms with Crippen LogP contribution < -0.4 is 0 Å². The van der Waals surface area contributed by atoms with E-state index in [1.165, 1.54) is 10.4 Å². The fraction of sp³-hybridized carbons (Fsp3) is 0.316. The summed E-state index contributed by atoms with van der Waals surface area (Å²) in [4.78, 5) is 19.7. The van der Waals surface area contributed by atoms with Gasteiger partial charge in [-0.3, -0.25) is 4.79 Å². The predicted molar refractivity (Wildman–Crippen MR) is 98.3 cm³/mol. The maximum absolute atomic E-state index is 12.4. The van der Waals surface area contributed by atoms with Gasteiger partial charge in [0.25, 0.3) is 0 Å². The highest BCUT2D eigenvalue weighted by Crippen LogP contribution is 2.24. The van der Waals surface area contributed by atoms with Crippen molar-refractivity contribution in [1.29, 1.82) is 0 Å². The molecule has 0 fully saturated rings. The first-order valence-corrected chi connectivity index (χ1v) is 9.11. The van der Waals surface area contributed by atoms with E-state index in [1.54, 1.807) is 16.2 Å². The molecule has 2 aromatic heterocycles. The molecule has 0 spiro atoms.